The molecule has 1 aromatic carbocycles. The average Bonchev–Trinajstić information content (AvgIpc) is 3.37. The van der Waals surface area contributed by atoms with Crippen LogP contribution in [0.5, 0.6) is 0 Å². The molecule has 33 heavy (non-hydrogen) atoms. The molecule has 0 radical (unpaired) electrons. The van der Waals surface area contributed by atoms with Crippen LogP contribution in [0, 0.1) is 10.1 Å². The number of amides is 3. The van der Waals surface area contributed by atoms with Crippen molar-refractivity contribution < 1.29 is 19.3 Å². The number of nitrogens with zero attached hydrogens (tertiary/aromatic N) is 4. The summed E-state index contributed by atoms with van der Waals surface area (Å²) in [6, 6.07) is 4.06. The molecule has 0 bridgehead atoms. The Labute approximate surface area is 194 Å². The predicted molar refractivity (Wildman–Crippen MR) is 121 cm³/mol. The molecule has 174 valence electrons. The van der Waals surface area contributed by atoms with Gasteiger partial charge in [-0.1, -0.05) is 43.1 Å². The Kier molecular flexibility index (Phi) is 7.07. The van der Waals surface area contributed by atoms with E-state index < -0.39 is 16.7 Å². The highest BCUT2D eigenvalue weighted by atomic mass is 32.1. The molecule has 1 aliphatic heterocycles. The van der Waals surface area contributed by atoms with E-state index in [1.54, 1.807) is 0 Å². The van der Waals surface area contributed by atoms with Crippen molar-refractivity contribution in [2.24, 2.45) is 0 Å². The summed E-state index contributed by atoms with van der Waals surface area (Å²) in [5.74, 6) is -0.838. The first-order chi connectivity index (χ1) is 16.0. The van der Waals surface area contributed by atoms with Crippen molar-refractivity contribution in [3.8, 4) is 0 Å². The van der Waals surface area contributed by atoms with Crippen LogP contribution in [-0.2, 0) is 4.79 Å². The van der Waals surface area contributed by atoms with Crippen LogP contribution in [0.1, 0.15) is 89.4 Å². The summed E-state index contributed by atoms with van der Waals surface area (Å²) in [4.78, 5) is 48.8. The van der Waals surface area contributed by atoms with Crippen LogP contribution >= 0.6 is 11.3 Å². The molecule has 0 atom stereocenters. The van der Waals surface area contributed by atoms with Gasteiger partial charge in [-0.25, -0.2) is 0 Å². The monoisotopic (exact) mass is 471 g/mol. The van der Waals surface area contributed by atoms with Gasteiger partial charge in [0.25, 0.3) is 17.5 Å². The fraction of sp³-hybridized carbons (Fsp3) is 0.500. The number of hydrogen-bond acceptors (Lipinski definition) is 8. The smallest absolute Gasteiger partial charge is 0.282 e. The molecule has 10 nitrogen and oxygen atoms in total. The number of anilines is 1. The van der Waals surface area contributed by atoms with E-state index in [0.29, 0.717) is 36.7 Å². The van der Waals surface area contributed by atoms with Gasteiger partial charge >= 0.3 is 0 Å². The van der Waals surface area contributed by atoms with E-state index in [-0.39, 0.29) is 29.3 Å². The second-order valence-electron chi connectivity index (χ2n) is 8.36. The zero-order chi connectivity index (χ0) is 23.4. The summed E-state index contributed by atoms with van der Waals surface area (Å²) in [5.41, 5.74) is -0.428. The minimum atomic E-state index is -0.651. The van der Waals surface area contributed by atoms with Crippen LogP contribution in [0.3, 0.4) is 0 Å². The summed E-state index contributed by atoms with van der Waals surface area (Å²) in [6.45, 7) is 0.159. The highest BCUT2D eigenvalue weighted by Crippen LogP contribution is 2.35. The SMILES string of the molecule is O=C(CCCCCN1C(=O)c2cccc([N+](=O)[O-])c2C1=O)Nc1nnc(C2CCCCC2)s1. The van der Waals surface area contributed by atoms with Gasteiger partial charge in [-0.15, -0.1) is 10.2 Å². The lowest BCUT2D eigenvalue weighted by Gasteiger charge is -2.18. The molecule has 0 saturated heterocycles. The zero-order valence-electron chi connectivity index (χ0n) is 18.1. The van der Waals surface area contributed by atoms with E-state index in [0.717, 1.165) is 22.7 Å². The third-order valence-electron chi connectivity index (χ3n) is 6.10. The standard InChI is InChI=1S/C22H25N5O5S/c28-17(23-22-25-24-19(33-22)14-8-3-1-4-9-14)12-5-2-6-13-26-20(29)15-10-7-11-16(27(31)32)18(15)21(26)30/h7,10-11,14H,1-6,8-9,12-13H2,(H,23,25,28). The molecule has 11 heteroatoms. The van der Waals surface area contributed by atoms with E-state index in [4.69, 9.17) is 0 Å². The largest absolute Gasteiger partial charge is 0.301 e. The fourth-order valence-corrected chi connectivity index (χ4v) is 5.31. The minimum Gasteiger partial charge on any atom is -0.301 e. The number of nitrogens with one attached hydrogen (secondary N) is 1. The third kappa shape index (κ3) is 5.08. The van der Waals surface area contributed by atoms with Crippen LogP contribution in [-0.4, -0.2) is 44.3 Å². The van der Waals surface area contributed by atoms with Crippen LogP contribution in [0.25, 0.3) is 0 Å². The topological polar surface area (TPSA) is 135 Å². The van der Waals surface area contributed by atoms with Gasteiger partial charge in [0.05, 0.1) is 10.5 Å². The number of nitro benzene ring substituents is 1. The van der Waals surface area contributed by atoms with E-state index >= 15 is 0 Å². The van der Waals surface area contributed by atoms with Crippen molar-refractivity contribution in [1.29, 1.82) is 0 Å². The van der Waals surface area contributed by atoms with Gasteiger partial charge in [0.15, 0.2) is 0 Å². The number of nitro groups is 1. The summed E-state index contributed by atoms with van der Waals surface area (Å²) < 4.78 is 0. The molecule has 3 amide bonds. The quantitative estimate of drug-likeness (QED) is 0.249. The number of unbranched alkanes of at least 4 members (excludes halogenated alkanes) is 2. The molecule has 1 fully saturated rings. The fourth-order valence-electron chi connectivity index (χ4n) is 4.38. The first-order valence-corrected chi connectivity index (χ1v) is 12.0. The number of aromatic nitrogens is 2. The number of imide groups is 1. The maximum Gasteiger partial charge on any atom is 0.282 e. The van der Waals surface area contributed by atoms with Gasteiger partial charge in [0.1, 0.15) is 10.6 Å². The molecular weight excluding hydrogens is 446 g/mol. The predicted octanol–water partition coefficient (Wildman–Crippen LogP) is 4.29. The highest BCUT2D eigenvalue weighted by Gasteiger charge is 2.40. The molecule has 2 heterocycles. The highest BCUT2D eigenvalue weighted by molar-refractivity contribution is 7.15. The minimum absolute atomic E-state index is 0.0678. The van der Waals surface area contributed by atoms with Crippen molar-refractivity contribution in [1.82, 2.24) is 15.1 Å². The lowest BCUT2D eigenvalue weighted by atomic mass is 9.90. The number of carbonyl (C=O) groups excluding carboxylic acids is 3. The second-order valence-corrected chi connectivity index (χ2v) is 9.37. The molecule has 2 aromatic rings. The van der Waals surface area contributed by atoms with Crippen molar-refractivity contribution >= 4 is 39.9 Å². The van der Waals surface area contributed by atoms with Crippen LogP contribution in [0.4, 0.5) is 10.8 Å². The van der Waals surface area contributed by atoms with Crippen molar-refractivity contribution in [3.63, 3.8) is 0 Å². The maximum absolute atomic E-state index is 12.5. The molecule has 2 aliphatic rings. The Hall–Kier alpha value is -3.21. The normalized spacial score (nSPS) is 16.2. The van der Waals surface area contributed by atoms with Crippen LogP contribution in [0.15, 0.2) is 18.2 Å². The van der Waals surface area contributed by atoms with Crippen molar-refractivity contribution in [3.05, 3.63) is 44.4 Å². The number of carbonyl (C=O) groups is 3. The third-order valence-corrected chi connectivity index (χ3v) is 7.10. The Morgan fingerprint density at radius 3 is 2.67 bits per heavy atom. The Balaban J connectivity index is 1.20. The molecule has 1 aromatic heterocycles. The molecule has 0 spiro atoms. The van der Waals surface area contributed by atoms with E-state index in [2.05, 4.69) is 15.5 Å². The summed E-state index contributed by atoms with van der Waals surface area (Å²) in [6.07, 6.45) is 7.98. The first-order valence-electron chi connectivity index (χ1n) is 11.2. The number of hydrogen-bond donors (Lipinski definition) is 1. The Bertz CT molecular complexity index is 1080. The molecule has 0 unspecified atom stereocenters. The second kappa shape index (κ2) is 10.2. The van der Waals surface area contributed by atoms with E-state index in [1.165, 1.54) is 48.8 Å². The number of rotatable bonds is 9. The van der Waals surface area contributed by atoms with Crippen LogP contribution < -0.4 is 5.32 Å². The van der Waals surface area contributed by atoms with Gasteiger partial charge in [-0.3, -0.25) is 29.4 Å². The average molecular weight is 472 g/mol. The van der Waals surface area contributed by atoms with Gasteiger partial charge in [0, 0.05) is 24.9 Å². The van der Waals surface area contributed by atoms with Crippen LogP contribution in [0.2, 0.25) is 0 Å². The molecule has 1 aliphatic carbocycles. The number of benzene rings is 1. The summed E-state index contributed by atoms with van der Waals surface area (Å²) in [7, 11) is 0. The van der Waals surface area contributed by atoms with E-state index in [9.17, 15) is 24.5 Å². The zero-order valence-corrected chi connectivity index (χ0v) is 18.9. The summed E-state index contributed by atoms with van der Waals surface area (Å²) >= 11 is 1.44. The van der Waals surface area contributed by atoms with E-state index in [1.807, 2.05) is 0 Å². The maximum atomic E-state index is 12.5. The number of fused-ring (bicyclic) bond motifs is 1. The lowest BCUT2D eigenvalue weighted by molar-refractivity contribution is -0.385. The van der Waals surface area contributed by atoms with Gasteiger partial charge in [-0.05, 0) is 31.7 Å². The molecule has 1 saturated carbocycles. The molecule has 1 N–H and O–H groups in total. The van der Waals surface area contributed by atoms with Crippen molar-refractivity contribution in [2.75, 3.05) is 11.9 Å². The molecule has 4 rings (SSSR count). The summed E-state index contributed by atoms with van der Waals surface area (Å²) in [5, 5.41) is 23.8. The van der Waals surface area contributed by atoms with Gasteiger partial charge < -0.3 is 5.32 Å². The van der Waals surface area contributed by atoms with Gasteiger partial charge in [0.2, 0.25) is 11.0 Å². The Morgan fingerprint density at radius 2 is 1.91 bits per heavy atom. The Morgan fingerprint density at radius 1 is 1.12 bits per heavy atom. The van der Waals surface area contributed by atoms with Crippen molar-refractivity contribution in [2.45, 2.75) is 63.7 Å². The lowest BCUT2D eigenvalue weighted by Crippen LogP contribution is -2.30. The first kappa shape index (κ1) is 23.0. The molecular formula is C22H25N5O5S. The van der Waals surface area contributed by atoms with Gasteiger partial charge in [-0.2, -0.15) is 0 Å².